The minimum Gasteiger partial charge on any atom is -0.497 e. The van der Waals surface area contributed by atoms with Crippen molar-refractivity contribution in [1.82, 2.24) is 10.2 Å². The van der Waals surface area contributed by atoms with E-state index in [2.05, 4.69) is 10.2 Å². The van der Waals surface area contributed by atoms with Crippen LogP contribution < -0.4 is 10.1 Å². The molecule has 2 N–H and O–H groups in total. The number of nitrogens with zero attached hydrogens (tertiary/aromatic N) is 1. The first-order valence-corrected chi connectivity index (χ1v) is 7.39. The summed E-state index contributed by atoms with van der Waals surface area (Å²) in [5.74, 6) is 1.12. The number of carbonyl (C=O) groups excluding carboxylic acids is 1. The number of rotatable bonds is 6. The summed E-state index contributed by atoms with van der Waals surface area (Å²) >= 11 is 0. The summed E-state index contributed by atoms with van der Waals surface area (Å²) in [4.78, 5) is 14.3. The molecule has 2 rings (SSSR count). The van der Waals surface area contributed by atoms with E-state index in [4.69, 9.17) is 9.84 Å². The van der Waals surface area contributed by atoms with Gasteiger partial charge in [-0.1, -0.05) is 12.1 Å². The van der Waals surface area contributed by atoms with Gasteiger partial charge in [0.2, 0.25) is 5.91 Å². The standard InChI is InChI=1S/C16H24N2O3/c1-12(18-7-6-14(10-18)11-19)16(20)17-9-13-4-3-5-15(8-13)21-2/h3-5,8,12,14,19H,6-7,9-11H2,1-2H3,(H,17,20). The molecule has 1 fully saturated rings. The van der Waals surface area contributed by atoms with Gasteiger partial charge in [0.05, 0.1) is 13.2 Å². The van der Waals surface area contributed by atoms with Crippen molar-refractivity contribution in [3.63, 3.8) is 0 Å². The van der Waals surface area contributed by atoms with Crippen molar-refractivity contribution in [2.24, 2.45) is 5.92 Å². The minimum atomic E-state index is -0.160. The molecule has 116 valence electrons. The zero-order valence-corrected chi connectivity index (χ0v) is 12.7. The fourth-order valence-electron chi connectivity index (χ4n) is 2.65. The Morgan fingerprint density at radius 2 is 2.38 bits per heavy atom. The van der Waals surface area contributed by atoms with E-state index in [0.29, 0.717) is 12.5 Å². The lowest BCUT2D eigenvalue weighted by Crippen LogP contribution is -2.44. The molecule has 0 spiro atoms. The first-order chi connectivity index (χ1) is 10.1. The summed E-state index contributed by atoms with van der Waals surface area (Å²) in [6, 6.07) is 7.52. The van der Waals surface area contributed by atoms with Gasteiger partial charge in [-0.25, -0.2) is 0 Å². The van der Waals surface area contributed by atoms with E-state index >= 15 is 0 Å². The molecule has 0 saturated carbocycles. The van der Waals surface area contributed by atoms with Crippen molar-refractivity contribution in [2.45, 2.75) is 25.9 Å². The molecule has 21 heavy (non-hydrogen) atoms. The Morgan fingerprint density at radius 3 is 3.05 bits per heavy atom. The normalized spacial score (nSPS) is 20.2. The van der Waals surface area contributed by atoms with Crippen LogP contribution in [0.4, 0.5) is 0 Å². The second kappa shape index (κ2) is 7.43. The lowest BCUT2D eigenvalue weighted by molar-refractivity contribution is -0.125. The van der Waals surface area contributed by atoms with Gasteiger partial charge < -0.3 is 15.2 Å². The number of benzene rings is 1. The number of methoxy groups -OCH3 is 1. The van der Waals surface area contributed by atoms with Gasteiger partial charge in [0.25, 0.3) is 0 Å². The second-order valence-corrected chi connectivity index (χ2v) is 5.58. The summed E-state index contributed by atoms with van der Waals surface area (Å²) in [5.41, 5.74) is 1.02. The maximum atomic E-state index is 12.2. The molecule has 0 radical (unpaired) electrons. The van der Waals surface area contributed by atoms with Crippen molar-refractivity contribution in [3.05, 3.63) is 29.8 Å². The molecule has 1 aromatic carbocycles. The summed E-state index contributed by atoms with van der Waals surface area (Å²) in [5, 5.41) is 12.1. The minimum absolute atomic E-state index is 0.0245. The molecule has 2 atom stereocenters. The van der Waals surface area contributed by atoms with Crippen molar-refractivity contribution < 1.29 is 14.6 Å². The Labute approximate surface area is 125 Å². The first-order valence-electron chi connectivity index (χ1n) is 7.39. The summed E-state index contributed by atoms with van der Waals surface area (Å²) in [6.07, 6.45) is 0.962. The fraction of sp³-hybridized carbons (Fsp3) is 0.562. The molecule has 1 aliphatic heterocycles. The first kappa shape index (κ1) is 15.8. The Hall–Kier alpha value is -1.59. The molecule has 2 unspecified atom stereocenters. The molecule has 5 heteroatoms. The van der Waals surface area contributed by atoms with E-state index in [-0.39, 0.29) is 18.6 Å². The quantitative estimate of drug-likeness (QED) is 0.821. The molecule has 0 aliphatic carbocycles. The van der Waals surface area contributed by atoms with Crippen LogP contribution in [0.5, 0.6) is 5.75 Å². The van der Waals surface area contributed by atoms with Crippen LogP contribution in [-0.2, 0) is 11.3 Å². The predicted molar refractivity (Wildman–Crippen MR) is 81.1 cm³/mol. The smallest absolute Gasteiger partial charge is 0.237 e. The van der Waals surface area contributed by atoms with Crippen LogP contribution in [-0.4, -0.2) is 48.8 Å². The Balaban J connectivity index is 1.83. The second-order valence-electron chi connectivity index (χ2n) is 5.58. The third-order valence-corrected chi connectivity index (χ3v) is 4.10. The van der Waals surface area contributed by atoms with Crippen LogP contribution in [0.1, 0.15) is 18.9 Å². The molecule has 0 bridgehead atoms. The van der Waals surface area contributed by atoms with Crippen LogP contribution in [0.25, 0.3) is 0 Å². The molecule has 1 amide bonds. The van der Waals surface area contributed by atoms with Gasteiger partial charge in [-0.05, 0) is 43.5 Å². The Bertz CT molecular complexity index is 478. The molecule has 0 aromatic heterocycles. The zero-order chi connectivity index (χ0) is 15.2. The number of aliphatic hydroxyl groups excluding tert-OH is 1. The van der Waals surface area contributed by atoms with Gasteiger partial charge in [0, 0.05) is 19.7 Å². The number of nitrogens with one attached hydrogen (secondary N) is 1. The highest BCUT2D eigenvalue weighted by atomic mass is 16.5. The average Bonchev–Trinajstić information content (AvgIpc) is 3.01. The fourth-order valence-corrected chi connectivity index (χ4v) is 2.65. The molecular weight excluding hydrogens is 268 g/mol. The topological polar surface area (TPSA) is 61.8 Å². The third-order valence-electron chi connectivity index (χ3n) is 4.10. The monoisotopic (exact) mass is 292 g/mol. The highest BCUT2D eigenvalue weighted by Crippen LogP contribution is 2.18. The predicted octanol–water partition coefficient (Wildman–Crippen LogP) is 1.01. The Kier molecular flexibility index (Phi) is 5.59. The number of carbonyl (C=O) groups is 1. The molecular formula is C16H24N2O3. The van der Waals surface area contributed by atoms with Crippen molar-refractivity contribution in [1.29, 1.82) is 0 Å². The van der Waals surface area contributed by atoms with E-state index in [1.807, 2.05) is 31.2 Å². The summed E-state index contributed by atoms with van der Waals surface area (Å²) < 4.78 is 5.17. The van der Waals surface area contributed by atoms with Gasteiger partial charge in [0.15, 0.2) is 0 Å². The molecule has 1 aromatic rings. The van der Waals surface area contributed by atoms with Gasteiger partial charge in [0.1, 0.15) is 5.75 Å². The zero-order valence-electron chi connectivity index (χ0n) is 12.7. The SMILES string of the molecule is COc1cccc(CNC(=O)C(C)N2CCC(CO)C2)c1. The Morgan fingerprint density at radius 1 is 1.57 bits per heavy atom. The molecule has 1 saturated heterocycles. The van der Waals surface area contributed by atoms with Crippen molar-refractivity contribution in [2.75, 3.05) is 26.8 Å². The van der Waals surface area contributed by atoms with Gasteiger partial charge in [-0.3, -0.25) is 9.69 Å². The molecule has 1 aliphatic rings. The number of amides is 1. The highest BCUT2D eigenvalue weighted by Gasteiger charge is 2.28. The maximum Gasteiger partial charge on any atom is 0.237 e. The maximum absolute atomic E-state index is 12.2. The van der Waals surface area contributed by atoms with Crippen molar-refractivity contribution in [3.8, 4) is 5.75 Å². The number of likely N-dealkylation sites (tertiary alicyclic amines) is 1. The lowest BCUT2D eigenvalue weighted by atomic mass is 10.1. The lowest BCUT2D eigenvalue weighted by Gasteiger charge is -2.23. The molecule has 5 nitrogen and oxygen atoms in total. The van der Waals surface area contributed by atoms with Crippen molar-refractivity contribution >= 4 is 5.91 Å². The summed E-state index contributed by atoms with van der Waals surface area (Å²) in [6.45, 7) is 4.29. The molecule has 1 heterocycles. The van der Waals surface area contributed by atoms with E-state index in [9.17, 15) is 4.79 Å². The van der Waals surface area contributed by atoms with Crippen LogP contribution in [0.3, 0.4) is 0 Å². The van der Waals surface area contributed by atoms with Crippen LogP contribution in [0, 0.1) is 5.92 Å². The van der Waals surface area contributed by atoms with Gasteiger partial charge in [-0.15, -0.1) is 0 Å². The van der Waals surface area contributed by atoms with Gasteiger partial charge in [-0.2, -0.15) is 0 Å². The van der Waals surface area contributed by atoms with E-state index in [1.165, 1.54) is 0 Å². The summed E-state index contributed by atoms with van der Waals surface area (Å²) in [7, 11) is 1.63. The number of ether oxygens (including phenoxy) is 1. The third kappa shape index (κ3) is 4.19. The van der Waals surface area contributed by atoms with Gasteiger partial charge >= 0.3 is 0 Å². The number of aliphatic hydroxyl groups is 1. The van der Waals surface area contributed by atoms with E-state index in [1.54, 1.807) is 7.11 Å². The van der Waals surface area contributed by atoms with E-state index in [0.717, 1.165) is 30.8 Å². The van der Waals surface area contributed by atoms with Crippen LogP contribution in [0.2, 0.25) is 0 Å². The van der Waals surface area contributed by atoms with Crippen LogP contribution >= 0.6 is 0 Å². The van der Waals surface area contributed by atoms with Crippen LogP contribution in [0.15, 0.2) is 24.3 Å². The largest absolute Gasteiger partial charge is 0.497 e. The number of hydrogen-bond donors (Lipinski definition) is 2. The number of hydrogen-bond acceptors (Lipinski definition) is 4. The average molecular weight is 292 g/mol. The highest BCUT2D eigenvalue weighted by molar-refractivity contribution is 5.81. The van der Waals surface area contributed by atoms with E-state index < -0.39 is 0 Å².